The molecule has 0 saturated heterocycles. The minimum absolute atomic E-state index is 0.568. The maximum Gasteiger partial charge on any atom is 0.0758 e. The van der Waals surface area contributed by atoms with Crippen molar-refractivity contribution < 1.29 is 5.11 Å². The SMILES string of the molecule is CCCC(O)(Cc1cccc(C)n1)Cc1cccc(C)n1. The van der Waals surface area contributed by atoms with Crippen molar-refractivity contribution in [3.8, 4) is 0 Å². The van der Waals surface area contributed by atoms with Crippen LogP contribution in [-0.4, -0.2) is 20.7 Å². The Morgan fingerprint density at radius 2 is 1.38 bits per heavy atom. The fourth-order valence-corrected chi connectivity index (χ4v) is 2.77. The van der Waals surface area contributed by atoms with Crippen molar-refractivity contribution in [3.63, 3.8) is 0 Å². The molecule has 0 atom stereocenters. The molecule has 0 bridgehead atoms. The summed E-state index contributed by atoms with van der Waals surface area (Å²) in [5.41, 5.74) is 3.08. The Bertz CT molecular complexity index is 548. The Morgan fingerprint density at radius 1 is 0.905 bits per heavy atom. The van der Waals surface area contributed by atoms with Crippen LogP contribution in [0.1, 0.15) is 42.5 Å². The lowest BCUT2D eigenvalue weighted by Crippen LogP contribution is -2.35. The van der Waals surface area contributed by atoms with Crippen molar-refractivity contribution in [1.82, 2.24) is 9.97 Å². The van der Waals surface area contributed by atoms with Gasteiger partial charge in [0, 0.05) is 35.6 Å². The monoisotopic (exact) mass is 284 g/mol. The van der Waals surface area contributed by atoms with Crippen molar-refractivity contribution in [2.24, 2.45) is 0 Å². The number of hydrogen-bond donors (Lipinski definition) is 1. The van der Waals surface area contributed by atoms with Gasteiger partial charge in [0.1, 0.15) is 0 Å². The van der Waals surface area contributed by atoms with Crippen LogP contribution >= 0.6 is 0 Å². The molecule has 2 rings (SSSR count). The van der Waals surface area contributed by atoms with Gasteiger partial charge in [-0.1, -0.05) is 25.5 Å². The van der Waals surface area contributed by atoms with E-state index in [1.807, 2.05) is 50.2 Å². The first-order chi connectivity index (χ1) is 10.0. The molecule has 0 saturated carbocycles. The Labute approximate surface area is 127 Å². The zero-order chi connectivity index (χ0) is 15.3. The summed E-state index contributed by atoms with van der Waals surface area (Å²) in [4.78, 5) is 9.04. The Balaban J connectivity index is 2.19. The molecule has 0 radical (unpaired) electrons. The highest BCUT2D eigenvalue weighted by Gasteiger charge is 2.28. The van der Waals surface area contributed by atoms with Gasteiger partial charge in [-0.3, -0.25) is 9.97 Å². The van der Waals surface area contributed by atoms with Gasteiger partial charge < -0.3 is 5.11 Å². The molecule has 0 aliphatic heterocycles. The predicted octanol–water partition coefficient (Wildman–Crippen LogP) is 3.41. The number of aliphatic hydroxyl groups is 1. The van der Waals surface area contributed by atoms with Gasteiger partial charge in [0.15, 0.2) is 0 Å². The van der Waals surface area contributed by atoms with Gasteiger partial charge in [0.05, 0.1) is 5.60 Å². The summed E-state index contributed by atoms with van der Waals surface area (Å²) < 4.78 is 0. The quantitative estimate of drug-likeness (QED) is 0.884. The lowest BCUT2D eigenvalue weighted by molar-refractivity contribution is 0.0293. The van der Waals surface area contributed by atoms with Gasteiger partial charge in [0.25, 0.3) is 0 Å². The third-order valence-corrected chi connectivity index (χ3v) is 3.63. The standard InChI is InChI=1S/C18H24N2O/c1-4-11-18(21,12-16-9-5-7-14(2)19-16)13-17-10-6-8-15(3)20-17/h5-10,21H,4,11-13H2,1-3H3. The predicted molar refractivity (Wildman–Crippen MR) is 85.2 cm³/mol. The van der Waals surface area contributed by atoms with Crippen LogP contribution in [-0.2, 0) is 12.8 Å². The number of hydrogen-bond acceptors (Lipinski definition) is 3. The second-order valence-corrected chi connectivity index (χ2v) is 5.87. The van der Waals surface area contributed by atoms with Crippen LogP contribution in [0.5, 0.6) is 0 Å². The van der Waals surface area contributed by atoms with Gasteiger partial charge in [-0.25, -0.2) is 0 Å². The van der Waals surface area contributed by atoms with Crippen molar-refractivity contribution >= 4 is 0 Å². The topological polar surface area (TPSA) is 46.0 Å². The van der Waals surface area contributed by atoms with Crippen LogP contribution < -0.4 is 0 Å². The number of nitrogens with zero attached hydrogens (tertiary/aromatic N) is 2. The van der Waals surface area contributed by atoms with Crippen molar-refractivity contribution in [2.45, 2.75) is 52.1 Å². The number of aromatic nitrogens is 2. The first-order valence-electron chi connectivity index (χ1n) is 7.58. The minimum Gasteiger partial charge on any atom is -0.389 e. The molecule has 112 valence electrons. The van der Waals surface area contributed by atoms with Crippen LogP contribution in [0.15, 0.2) is 36.4 Å². The normalized spacial score (nSPS) is 11.6. The van der Waals surface area contributed by atoms with E-state index in [2.05, 4.69) is 16.9 Å². The van der Waals surface area contributed by atoms with E-state index in [4.69, 9.17) is 0 Å². The summed E-state index contributed by atoms with van der Waals surface area (Å²) in [6, 6.07) is 11.9. The average Bonchev–Trinajstić information content (AvgIpc) is 2.38. The largest absolute Gasteiger partial charge is 0.389 e. The van der Waals surface area contributed by atoms with Crippen molar-refractivity contribution in [2.75, 3.05) is 0 Å². The second kappa shape index (κ2) is 6.81. The van der Waals surface area contributed by atoms with Gasteiger partial charge in [0.2, 0.25) is 0 Å². The van der Waals surface area contributed by atoms with E-state index in [0.29, 0.717) is 12.8 Å². The molecule has 0 spiro atoms. The Kier molecular flexibility index (Phi) is 5.07. The zero-order valence-corrected chi connectivity index (χ0v) is 13.1. The van der Waals surface area contributed by atoms with E-state index in [-0.39, 0.29) is 0 Å². The second-order valence-electron chi connectivity index (χ2n) is 5.87. The molecular weight excluding hydrogens is 260 g/mol. The highest BCUT2D eigenvalue weighted by Crippen LogP contribution is 2.23. The maximum atomic E-state index is 11.0. The van der Waals surface area contributed by atoms with Gasteiger partial charge in [-0.15, -0.1) is 0 Å². The van der Waals surface area contributed by atoms with Crippen LogP contribution in [0.4, 0.5) is 0 Å². The summed E-state index contributed by atoms with van der Waals surface area (Å²) in [5.74, 6) is 0. The molecule has 3 nitrogen and oxygen atoms in total. The van der Waals surface area contributed by atoms with Crippen LogP contribution in [0, 0.1) is 13.8 Å². The number of rotatable bonds is 6. The average molecular weight is 284 g/mol. The van der Waals surface area contributed by atoms with Gasteiger partial charge in [-0.2, -0.15) is 0 Å². The minimum atomic E-state index is -0.781. The van der Waals surface area contributed by atoms with Gasteiger partial charge in [-0.05, 0) is 44.5 Å². The highest BCUT2D eigenvalue weighted by molar-refractivity contribution is 5.16. The van der Waals surface area contributed by atoms with Crippen molar-refractivity contribution in [1.29, 1.82) is 0 Å². The first-order valence-corrected chi connectivity index (χ1v) is 7.58. The zero-order valence-electron chi connectivity index (χ0n) is 13.1. The molecule has 0 amide bonds. The smallest absolute Gasteiger partial charge is 0.0758 e. The summed E-state index contributed by atoms with van der Waals surface area (Å²) in [6.07, 6.45) is 2.82. The molecule has 0 aromatic carbocycles. The molecule has 2 heterocycles. The third kappa shape index (κ3) is 4.64. The van der Waals surface area contributed by atoms with E-state index in [1.54, 1.807) is 0 Å². The van der Waals surface area contributed by atoms with E-state index in [1.165, 1.54) is 0 Å². The van der Waals surface area contributed by atoms with E-state index >= 15 is 0 Å². The highest BCUT2D eigenvalue weighted by atomic mass is 16.3. The molecule has 0 aliphatic rings. The third-order valence-electron chi connectivity index (χ3n) is 3.63. The van der Waals surface area contributed by atoms with Crippen molar-refractivity contribution in [3.05, 3.63) is 59.2 Å². The Hall–Kier alpha value is -1.74. The summed E-state index contributed by atoms with van der Waals surface area (Å²) in [5, 5.41) is 11.0. The molecular formula is C18H24N2O. The molecule has 21 heavy (non-hydrogen) atoms. The lowest BCUT2D eigenvalue weighted by atomic mass is 9.87. The van der Waals surface area contributed by atoms with E-state index in [0.717, 1.165) is 35.6 Å². The van der Waals surface area contributed by atoms with Crippen LogP contribution in [0.3, 0.4) is 0 Å². The molecule has 0 aliphatic carbocycles. The lowest BCUT2D eigenvalue weighted by Gasteiger charge is -2.27. The molecule has 2 aromatic rings. The van der Waals surface area contributed by atoms with E-state index in [9.17, 15) is 5.11 Å². The number of pyridine rings is 2. The maximum absolute atomic E-state index is 11.0. The van der Waals surface area contributed by atoms with Gasteiger partial charge >= 0.3 is 0 Å². The van der Waals surface area contributed by atoms with Crippen LogP contribution in [0.25, 0.3) is 0 Å². The molecule has 3 heteroatoms. The first kappa shape index (κ1) is 15.6. The molecule has 0 fully saturated rings. The Morgan fingerprint density at radius 3 is 1.76 bits per heavy atom. The summed E-state index contributed by atoms with van der Waals surface area (Å²) in [7, 11) is 0. The molecule has 2 aromatic heterocycles. The molecule has 0 unspecified atom stereocenters. The fraction of sp³-hybridized carbons (Fsp3) is 0.444. The van der Waals surface area contributed by atoms with Crippen LogP contribution in [0.2, 0.25) is 0 Å². The fourth-order valence-electron chi connectivity index (χ4n) is 2.77. The summed E-state index contributed by atoms with van der Waals surface area (Å²) in [6.45, 7) is 6.05. The summed E-state index contributed by atoms with van der Waals surface area (Å²) >= 11 is 0. The molecule has 1 N–H and O–H groups in total. The number of aryl methyl sites for hydroxylation is 2. The van der Waals surface area contributed by atoms with E-state index < -0.39 is 5.60 Å².